The minimum atomic E-state index is -0.797. The second-order valence-electron chi connectivity index (χ2n) is 3.76. The van der Waals surface area contributed by atoms with E-state index in [2.05, 4.69) is 5.32 Å². The van der Waals surface area contributed by atoms with Crippen molar-refractivity contribution in [2.24, 2.45) is 0 Å². The second-order valence-corrected chi connectivity index (χ2v) is 3.76. The van der Waals surface area contributed by atoms with Crippen LogP contribution in [0.15, 0.2) is 18.2 Å². The van der Waals surface area contributed by atoms with Crippen LogP contribution >= 0.6 is 0 Å². The van der Waals surface area contributed by atoms with Crippen LogP contribution in [0.5, 0.6) is 0 Å². The first kappa shape index (κ1) is 14.5. The SMILES string of the molecule is COCC(CCO)NC(=O)c1cc(F)ccc1F. The summed E-state index contributed by atoms with van der Waals surface area (Å²) in [6.45, 7) is 0.0448. The highest BCUT2D eigenvalue weighted by Crippen LogP contribution is 2.10. The summed E-state index contributed by atoms with van der Waals surface area (Å²) in [5, 5.41) is 11.3. The van der Waals surface area contributed by atoms with Crippen molar-refractivity contribution in [3.8, 4) is 0 Å². The van der Waals surface area contributed by atoms with Gasteiger partial charge in [0, 0.05) is 13.7 Å². The molecule has 100 valence electrons. The zero-order chi connectivity index (χ0) is 13.5. The molecule has 0 saturated carbocycles. The van der Waals surface area contributed by atoms with Crippen LogP contribution in [0.3, 0.4) is 0 Å². The van der Waals surface area contributed by atoms with Gasteiger partial charge in [-0.2, -0.15) is 0 Å². The number of carbonyl (C=O) groups excluding carboxylic acids is 1. The molecule has 2 N–H and O–H groups in total. The highest BCUT2D eigenvalue weighted by atomic mass is 19.1. The molecule has 0 aliphatic carbocycles. The topological polar surface area (TPSA) is 58.6 Å². The summed E-state index contributed by atoms with van der Waals surface area (Å²) in [4.78, 5) is 11.7. The van der Waals surface area contributed by atoms with E-state index in [1.165, 1.54) is 7.11 Å². The van der Waals surface area contributed by atoms with Crippen LogP contribution in [0.4, 0.5) is 8.78 Å². The van der Waals surface area contributed by atoms with E-state index < -0.39 is 23.6 Å². The number of aliphatic hydroxyl groups excluding tert-OH is 1. The standard InChI is InChI=1S/C12H15F2NO3/c1-18-7-9(4-5-16)15-12(17)10-6-8(13)2-3-11(10)14/h2-3,6,9,16H,4-5,7H2,1H3,(H,15,17). The van der Waals surface area contributed by atoms with Crippen molar-refractivity contribution < 1.29 is 23.4 Å². The molecule has 1 aromatic carbocycles. The number of aliphatic hydroxyl groups is 1. The number of carbonyl (C=O) groups is 1. The number of rotatable bonds is 6. The van der Waals surface area contributed by atoms with Crippen molar-refractivity contribution >= 4 is 5.91 Å². The first-order chi connectivity index (χ1) is 8.58. The number of benzene rings is 1. The summed E-state index contributed by atoms with van der Waals surface area (Å²) >= 11 is 0. The highest BCUT2D eigenvalue weighted by Gasteiger charge is 2.17. The number of hydrogen-bond acceptors (Lipinski definition) is 3. The van der Waals surface area contributed by atoms with Gasteiger partial charge in [0.05, 0.1) is 18.2 Å². The van der Waals surface area contributed by atoms with E-state index in [-0.39, 0.29) is 25.2 Å². The van der Waals surface area contributed by atoms with E-state index in [1.807, 2.05) is 0 Å². The van der Waals surface area contributed by atoms with Gasteiger partial charge in [-0.1, -0.05) is 0 Å². The molecule has 0 bridgehead atoms. The Labute approximate surface area is 104 Å². The quantitative estimate of drug-likeness (QED) is 0.804. The average Bonchev–Trinajstić information content (AvgIpc) is 2.33. The van der Waals surface area contributed by atoms with Gasteiger partial charge in [-0.25, -0.2) is 8.78 Å². The molecule has 18 heavy (non-hydrogen) atoms. The van der Waals surface area contributed by atoms with Crippen LogP contribution in [0.2, 0.25) is 0 Å². The zero-order valence-electron chi connectivity index (χ0n) is 9.95. The van der Waals surface area contributed by atoms with Gasteiger partial charge in [0.2, 0.25) is 0 Å². The Kier molecular flexibility index (Phi) is 5.67. The molecule has 1 aromatic rings. The van der Waals surface area contributed by atoms with Crippen molar-refractivity contribution in [1.29, 1.82) is 0 Å². The minimum Gasteiger partial charge on any atom is -0.396 e. The third-order valence-electron chi connectivity index (χ3n) is 2.35. The molecule has 6 heteroatoms. The minimum absolute atomic E-state index is 0.139. The summed E-state index contributed by atoms with van der Waals surface area (Å²) in [7, 11) is 1.44. The predicted octanol–water partition coefficient (Wildman–Crippen LogP) is 1.09. The lowest BCUT2D eigenvalue weighted by molar-refractivity contribution is 0.0874. The maximum Gasteiger partial charge on any atom is 0.254 e. The van der Waals surface area contributed by atoms with E-state index in [0.29, 0.717) is 0 Å². The van der Waals surface area contributed by atoms with Crippen LogP contribution in [0.1, 0.15) is 16.8 Å². The van der Waals surface area contributed by atoms with E-state index in [0.717, 1.165) is 18.2 Å². The van der Waals surface area contributed by atoms with E-state index >= 15 is 0 Å². The Hall–Kier alpha value is -1.53. The van der Waals surface area contributed by atoms with Crippen molar-refractivity contribution in [3.63, 3.8) is 0 Å². The Morgan fingerprint density at radius 1 is 1.50 bits per heavy atom. The molecule has 0 radical (unpaired) electrons. The molecule has 0 fully saturated rings. The Balaban J connectivity index is 2.76. The molecule has 1 atom stereocenters. The van der Waals surface area contributed by atoms with Crippen LogP contribution in [0.25, 0.3) is 0 Å². The molecule has 1 rings (SSSR count). The molecule has 0 heterocycles. The van der Waals surface area contributed by atoms with Crippen LogP contribution in [0, 0.1) is 11.6 Å². The van der Waals surface area contributed by atoms with E-state index in [1.54, 1.807) is 0 Å². The van der Waals surface area contributed by atoms with Gasteiger partial charge in [-0.3, -0.25) is 4.79 Å². The molecular weight excluding hydrogens is 244 g/mol. The predicted molar refractivity (Wildman–Crippen MR) is 61.2 cm³/mol. The number of hydrogen-bond donors (Lipinski definition) is 2. The van der Waals surface area contributed by atoms with Gasteiger partial charge in [-0.05, 0) is 24.6 Å². The lowest BCUT2D eigenvalue weighted by Crippen LogP contribution is -2.39. The Morgan fingerprint density at radius 2 is 2.22 bits per heavy atom. The third kappa shape index (κ3) is 4.05. The summed E-state index contributed by atoms with van der Waals surface area (Å²) in [5.41, 5.74) is -0.367. The number of amides is 1. The van der Waals surface area contributed by atoms with Crippen molar-refractivity contribution in [2.45, 2.75) is 12.5 Å². The molecule has 1 amide bonds. The van der Waals surface area contributed by atoms with Crippen molar-refractivity contribution in [1.82, 2.24) is 5.32 Å². The lowest BCUT2D eigenvalue weighted by Gasteiger charge is -2.17. The van der Waals surface area contributed by atoms with E-state index in [4.69, 9.17) is 9.84 Å². The van der Waals surface area contributed by atoms with Gasteiger partial charge >= 0.3 is 0 Å². The number of methoxy groups -OCH3 is 1. The molecule has 1 unspecified atom stereocenters. The summed E-state index contributed by atoms with van der Waals surface area (Å²) < 4.78 is 31.1. The normalized spacial score (nSPS) is 12.2. The monoisotopic (exact) mass is 259 g/mol. The van der Waals surface area contributed by atoms with Gasteiger partial charge in [0.1, 0.15) is 11.6 Å². The largest absolute Gasteiger partial charge is 0.396 e. The first-order valence-corrected chi connectivity index (χ1v) is 5.44. The zero-order valence-corrected chi connectivity index (χ0v) is 9.95. The molecule has 0 aliphatic rings. The van der Waals surface area contributed by atoms with Gasteiger partial charge in [0.25, 0.3) is 5.91 Å². The van der Waals surface area contributed by atoms with Gasteiger partial charge in [0.15, 0.2) is 0 Å². The molecular formula is C12H15F2NO3. The number of halogens is 2. The molecule has 0 saturated heterocycles. The van der Waals surface area contributed by atoms with E-state index in [9.17, 15) is 13.6 Å². The van der Waals surface area contributed by atoms with Crippen LogP contribution < -0.4 is 5.32 Å². The fourth-order valence-electron chi connectivity index (χ4n) is 1.49. The molecule has 4 nitrogen and oxygen atoms in total. The lowest BCUT2D eigenvalue weighted by atomic mass is 10.1. The number of nitrogens with one attached hydrogen (secondary N) is 1. The molecule has 0 aliphatic heterocycles. The summed E-state index contributed by atoms with van der Waals surface area (Å²) in [6, 6.07) is 2.21. The van der Waals surface area contributed by atoms with Gasteiger partial charge in [-0.15, -0.1) is 0 Å². The fraction of sp³-hybridized carbons (Fsp3) is 0.417. The smallest absolute Gasteiger partial charge is 0.254 e. The van der Waals surface area contributed by atoms with Crippen molar-refractivity contribution in [2.75, 3.05) is 20.3 Å². The molecule has 0 aromatic heterocycles. The highest BCUT2D eigenvalue weighted by molar-refractivity contribution is 5.94. The number of ether oxygens (including phenoxy) is 1. The second kappa shape index (κ2) is 7.03. The summed E-state index contributed by atoms with van der Waals surface area (Å²) in [5.74, 6) is -2.22. The maximum atomic E-state index is 13.3. The first-order valence-electron chi connectivity index (χ1n) is 5.44. The van der Waals surface area contributed by atoms with Crippen molar-refractivity contribution in [3.05, 3.63) is 35.4 Å². The molecule has 0 spiro atoms. The fourth-order valence-corrected chi connectivity index (χ4v) is 1.49. The summed E-state index contributed by atoms with van der Waals surface area (Å²) in [6.07, 6.45) is 0.274. The van der Waals surface area contributed by atoms with Crippen LogP contribution in [-0.4, -0.2) is 37.4 Å². The van der Waals surface area contributed by atoms with Gasteiger partial charge < -0.3 is 15.2 Å². The maximum absolute atomic E-state index is 13.3. The third-order valence-corrected chi connectivity index (χ3v) is 2.35. The Morgan fingerprint density at radius 3 is 2.83 bits per heavy atom. The average molecular weight is 259 g/mol. The Bertz CT molecular complexity index is 406. The van der Waals surface area contributed by atoms with Crippen LogP contribution in [-0.2, 0) is 4.74 Å².